The SMILES string of the molecule is CCC(C)(NC(=O)c1cc(F)c(F)c(F)c1)C(N)=S. The maximum absolute atomic E-state index is 13.0. The molecule has 0 aliphatic carbocycles. The minimum Gasteiger partial charge on any atom is -0.391 e. The van der Waals surface area contributed by atoms with Gasteiger partial charge in [-0.15, -0.1) is 0 Å². The topological polar surface area (TPSA) is 55.1 Å². The molecule has 0 heterocycles. The Kier molecular flexibility index (Phi) is 4.52. The summed E-state index contributed by atoms with van der Waals surface area (Å²) < 4.78 is 38.8. The summed E-state index contributed by atoms with van der Waals surface area (Å²) in [7, 11) is 0. The Bertz CT molecular complexity index is 513. The van der Waals surface area contributed by atoms with Gasteiger partial charge in [-0.3, -0.25) is 4.79 Å². The zero-order chi connectivity index (χ0) is 14.8. The summed E-state index contributed by atoms with van der Waals surface area (Å²) in [6.45, 7) is 3.33. The summed E-state index contributed by atoms with van der Waals surface area (Å²) in [6, 6.07) is 1.23. The summed E-state index contributed by atoms with van der Waals surface area (Å²) in [5, 5.41) is 2.47. The second kappa shape index (κ2) is 5.56. The van der Waals surface area contributed by atoms with Crippen LogP contribution in [0.5, 0.6) is 0 Å². The normalized spacial score (nSPS) is 13.7. The van der Waals surface area contributed by atoms with Gasteiger partial charge in [0.2, 0.25) is 0 Å². The zero-order valence-corrected chi connectivity index (χ0v) is 11.2. The van der Waals surface area contributed by atoms with Crippen LogP contribution in [0.3, 0.4) is 0 Å². The first-order valence-corrected chi connectivity index (χ1v) is 5.89. The minimum atomic E-state index is -1.62. The van der Waals surface area contributed by atoms with E-state index >= 15 is 0 Å². The lowest BCUT2D eigenvalue weighted by molar-refractivity contribution is 0.0925. The van der Waals surface area contributed by atoms with E-state index < -0.39 is 28.9 Å². The molecule has 0 fully saturated rings. The van der Waals surface area contributed by atoms with E-state index in [2.05, 4.69) is 5.32 Å². The van der Waals surface area contributed by atoms with E-state index in [4.69, 9.17) is 18.0 Å². The van der Waals surface area contributed by atoms with Gasteiger partial charge in [0.1, 0.15) is 0 Å². The molecule has 0 aromatic heterocycles. The van der Waals surface area contributed by atoms with Gasteiger partial charge >= 0.3 is 0 Å². The maximum Gasteiger partial charge on any atom is 0.252 e. The van der Waals surface area contributed by atoms with Gasteiger partial charge in [0.15, 0.2) is 17.5 Å². The molecule has 3 nitrogen and oxygen atoms in total. The molecule has 1 atom stereocenters. The predicted molar refractivity (Wildman–Crippen MR) is 69.3 cm³/mol. The van der Waals surface area contributed by atoms with Crippen LogP contribution in [0.2, 0.25) is 0 Å². The van der Waals surface area contributed by atoms with Crippen LogP contribution in [0.15, 0.2) is 12.1 Å². The van der Waals surface area contributed by atoms with Crippen molar-refractivity contribution in [1.82, 2.24) is 5.32 Å². The molecular weight excluding hydrogens is 277 g/mol. The standard InChI is InChI=1S/C12H13F3N2OS/c1-3-12(2,11(16)19)17-10(18)6-4-7(13)9(15)8(14)5-6/h4-5H,3H2,1-2H3,(H2,16,19)(H,17,18). The highest BCUT2D eigenvalue weighted by Gasteiger charge is 2.28. The molecule has 1 unspecified atom stereocenters. The number of nitrogens with two attached hydrogens (primary N) is 1. The number of hydrogen-bond donors (Lipinski definition) is 2. The number of halogens is 3. The van der Waals surface area contributed by atoms with Crippen molar-refractivity contribution in [1.29, 1.82) is 0 Å². The first-order chi connectivity index (χ1) is 8.71. The van der Waals surface area contributed by atoms with Gasteiger partial charge in [0.25, 0.3) is 5.91 Å². The molecular formula is C12H13F3N2OS. The summed E-state index contributed by atoms with van der Waals surface area (Å²) in [5.41, 5.74) is 4.18. The summed E-state index contributed by atoms with van der Waals surface area (Å²) in [5.74, 6) is -5.27. The Hall–Kier alpha value is -1.63. The lowest BCUT2D eigenvalue weighted by atomic mass is 9.98. The Morgan fingerprint density at radius 2 is 1.84 bits per heavy atom. The van der Waals surface area contributed by atoms with Crippen LogP contribution in [0, 0.1) is 17.5 Å². The number of carbonyl (C=O) groups excluding carboxylic acids is 1. The highest BCUT2D eigenvalue weighted by molar-refractivity contribution is 7.80. The van der Waals surface area contributed by atoms with Crippen molar-refractivity contribution in [2.75, 3.05) is 0 Å². The molecule has 0 saturated heterocycles. The third kappa shape index (κ3) is 3.23. The summed E-state index contributed by atoms with van der Waals surface area (Å²) in [4.78, 5) is 11.9. The van der Waals surface area contributed by atoms with Gasteiger partial charge in [-0.1, -0.05) is 19.1 Å². The van der Waals surface area contributed by atoms with Crippen LogP contribution in [-0.2, 0) is 0 Å². The van der Waals surface area contributed by atoms with E-state index in [1.165, 1.54) is 0 Å². The molecule has 1 aromatic rings. The summed E-state index contributed by atoms with van der Waals surface area (Å²) >= 11 is 4.83. The molecule has 1 aromatic carbocycles. The van der Waals surface area contributed by atoms with Gasteiger partial charge in [0.05, 0.1) is 10.5 Å². The molecule has 0 radical (unpaired) electrons. The number of hydrogen-bond acceptors (Lipinski definition) is 2. The monoisotopic (exact) mass is 290 g/mol. The van der Waals surface area contributed by atoms with Crippen molar-refractivity contribution in [3.05, 3.63) is 35.1 Å². The maximum atomic E-state index is 13.0. The van der Waals surface area contributed by atoms with E-state index in [1.807, 2.05) is 0 Å². The largest absolute Gasteiger partial charge is 0.391 e. The van der Waals surface area contributed by atoms with E-state index in [1.54, 1.807) is 13.8 Å². The second-order valence-electron chi connectivity index (χ2n) is 4.26. The highest BCUT2D eigenvalue weighted by atomic mass is 32.1. The molecule has 7 heteroatoms. The van der Waals surface area contributed by atoms with Crippen molar-refractivity contribution in [3.63, 3.8) is 0 Å². The number of carbonyl (C=O) groups is 1. The van der Waals surface area contributed by atoms with Gasteiger partial charge in [-0.25, -0.2) is 13.2 Å². The van der Waals surface area contributed by atoms with Crippen LogP contribution in [0.1, 0.15) is 30.6 Å². The number of nitrogens with one attached hydrogen (secondary N) is 1. The smallest absolute Gasteiger partial charge is 0.252 e. The molecule has 19 heavy (non-hydrogen) atoms. The zero-order valence-electron chi connectivity index (χ0n) is 10.4. The third-order valence-electron chi connectivity index (χ3n) is 2.89. The number of benzene rings is 1. The van der Waals surface area contributed by atoms with E-state index in [0.717, 1.165) is 0 Å². The number of thiocarbonyl (C=S) groups is 1. The molecule has 1 amide bonds. The molecule has 104 valence electrons. The fourth-order valence-electron chi connectivity index (χ4n) is 1.33. The van der Waals surface area contributed by atoms with Gasteiger partial charge < -0.3 is 11.1 Å². The average Bonchev–Trinajstić information content (AvgIpc) is 2.34. The van der Waals surface area contributed by atoms with E-state index in [9.17, 15) is 18.0 Å². The highest BCUT2D eigenvalue weighted by Crippen LogP contribution is 2.16. The van der Waals surface area contributed by atoms with Crippen molar-refractivity contribution in [2.24, 2.45) is 5.73 Å². The van der Waals surface area contributed by atoms with Gasteiger partial charge in [-0.05, 0) is 25.5 Å². The Morgan fingerprint density at radius 1 is 1.37 bits per heavy atom. The van der Waals surface area contributed by atoms with Gasteiger partial charge in [-0.2, -0.15) is 0 Å². The average molecular weight is 290 g/mol. The van der Waals surface area contributed by atoms with Crippen LogP contribution in [-0.4, -0.2) is 16.4 Å². The molecule has 1 rings (SSSR count). The number of amides is 1. The Balaban J connectivity index is 3.05. The predicted octanol–water partition coefficient (Wildman–Crippen LogP) is 2.29. The molecule has 0 saturated carbocycles. The van der Waals surface area contributed by atoms with Crippen molar-refractivity contribution in [3.8, 4) is 0 Å². The van der Waals surface area contributed by atoms with Crippen LogP contribution in [0.25, 0.3) is 0 Å². The minimum absolute atomic E-state index is 0.0476. The van der Waals surface area contributed by atoms with Crippen molar-refractivity contribution < 1.29 is 18.0 Å². The Morgan fingerprint density at radius 3 is 2.21 bits per heavy atom. The molecule has 0 aliphatic rings. The van der Waals surface area contributed by atoms with Crippen molar-refractivity contribution in [2.45, 2.75) is 25.8 Å². The fourth-order valence-corrected chi connectivity index (χ4v) is 1.53. The quantitative estimate of drug-likeness (QED) is 0.661. The first kappa shape index (κ1) is 15.4. The van der Waals surface area contributed by atoms with E-state index in [0.29, 0.717) is 18.6 Å². The van der Waals surface area contributed by atoms with Crippen molar-refractivity contribution >= 4 is 23.1 Å². The van der Waals surface area contributed by atoms with Crippen LogP contribution in [0.4, 0.5) is 13.2 Å². The first-order valence-electron chi connectivity index (χ1n) is 5.48. The van der Waals surface area contributed by atoms with Gasteiger partial charge in [0, 0.05) is 5.56 Å². The fraction of sp³-hybridized carbons (Fsp3) is 0.333. The molecule has 0 spiro atoms. The lowest BCUT2D eigenvalue weighted by Gasteiger charge is -2.28. The number of rotatable bonds is 4. The molecule has 3 N–H and O–H groups in total. The summed E-state index contributed by atoms with van der Waals surface area (Å²) in [6.07, 6.45) is 0.403. The molecule has 0 aliphatic heterocycles. The van der Waals surface area contributed by atoms with Crippen LogP contribution >= 0.6 is 12.2 Å². The molecule has 0 bridgehead atoms. The second-order valence-corrected chi connectivity index (χ2v) is 4.70. The van der Waals surface area contributed by atoms with E-state index in [-0.39, 0.29) is 10.6 Å². The van der Waals surface area contributed by atoms with Crippen LogP contribution < -0.4 is 11.1 Å². The lowest BCUT2D eigenvalue weighted by Crippen LogP contribution is -2.54. The third-order valence-corrected chi connectivity index (χ3v) is 3.34. The Labute approximate surface area is 114 Å².